The van der Waals surface area contributed by atoms with E-state index in [1.54, 1.807) is 12.4 Å². The van der Waals surface area contributed by atoms with E-state index in [0.29, 0.717) is 23.8 Å². The summed E-state index contributed by atoms with van der Waals surface area (Å²) >= 11 is 6.13. The zero-order chi connectivity index (χ0) is 20.9. The summed E-state index contributed by atoms with van der Waals surface area (Å²) in [6, 6.07) is 13.3. The molecule has 1 saturated heterocycles. The predicted molar refractivity (Wildman–Crippen MR) is 119 cm³/mol. The third-order valence-corrected chi connectivity index (χ3v) is 5.47. The van der Waals surface area contributed by atoms with Crippen LogP contribution < -0.4 is 5.32 Å². The van der Waals surface area contributed by atoms with E-state index in [4.69, 9.17) is 21.6 Å². The summed E-state index contributed by atoms with van der Waals surface area (Å²) in [5.41, 5.74) is 2.58. The molecule has 154 valence electrons. The van der Waals surface area contributed by atoms with Gasteiger partial charge in [-0.25, -0.2) is 9.97 Å². The zero-order valence-electron chi connectivity index (χ0n) is 16.9. The number of hydrogen-bond donors (Lipinski definition) is 1. The first-order valence-electron chi connectivity index (χ1n) is 10.2. The monoisotopic (exact) mass is 421 g/mol. The van der Waals surface area contributed by atoms with Crippen molar-refractivity contribution in [2.75, 3.05) is 18.4 Å². The van der Waals surface area contributed by atoms with Gasteiger partial charge < -0.3 is 10.2 Å². The van der Waals surface area contributed by atoms with Gasteiger partial charge in [0.2, 0.25) is 5.91 Å². The number of rotatable bonds is 5. The lowest BCUT2D eigenvalue weighted by atomic mass is 9.96. The van der Waals surface area contributed by atoms with Gasteiger partial charge in [-0.15, -0.1) is 0 Å². The zero-order valence-corrected chi connectivity index (χ0v) is 17.6. The van der Waals surface area contributed by atoms with E-state index in [1.165, 1.54) is 0 Å². The molecular formula is C23H24ClN5O. The number of hydrogen-bond acceptors (Lipinski definition) is 5. The Bertz CT molecular complexity index is 1030. The Balaban J connectivity index is 1.69. The average molecular weight is 422 g/mol. The summed E-state index contributed by atoms with van der Waals surface area (Å²) in [5.74, 6) is 1.72. The number of nitrogens with one attached hydrogen (secondary N) is 1. The van der Waals surface area contributed by atoms with Gasteiger partial charge in [-0.1, -0.05) is 24.6 Å². The third-order valence-electron chi connectivity index (χ3n) is 5.24. The smallest absolute Gasteiger partial charge is 0.222 e. The molecule has 1 unspecified atom stereocenters. The second-order valence-electron chi connectivity index (χ2n) is 7.41. The quantitative estimate of drug-likeness (QED) is 0.624. The van der Waals surface area contributed by atoms with Crippen molar-refractivity contribution in [1.29, 1.82) is 0 Å². The maximum atomic E-state index is 12.2. The molecule has 1 atom stereocenters. The molecule has 1 fully saturated rings. The molecule has 30 heavy (non-hydrogen) atoms. The summed E-state index contributed by atoms with van der Waals surface area (Å²) in [5, 5.41) is 4.00. The Kier molecular flexibility index (Phi) is 6.23. The highest BCUT2D eigenvalue weighted by Gasteiger charge is 2.26. The van der Waals surface area contributed by atoms with Crippen LogP contribution in [0.4, 0.5) is 11.5 Å². The molecule has 1 aliphatic heterocycles. The van der Waals surface area contributed by atoms with E-state index in [1.807, 2.05) is 54.3 Å². The molecule has 2 aromatic heterocycles. The highest BCUT2D eigenvalue weighted by atomic mass is 35.5. The maximum absolute atomic E-state index is 12.2. The molecule has 6 nitrogen and oxygen atoms in total. The minimum Gasteiger partial charge on any atom is -0.342 e. The molecule has 0 spiro atoms. The number of carbonyl (C=O) groups excluding carboxylic acids is 1. The Morgan fingerprint density at radius 3 is 2.90 bits per heavy atom. The van der Waals surface area contributed by atoms with E-state index in [9.17, 15) is 4.79 Å². The van der Waals surface area contributed by atoms with Crippen LogP contribution in [-0.4, -0.2) is 38.8 Å². The Labute approximate surface area is 181 Å². The molecule has 1 amide bonds. The number of anilines is 2. The SMILES string of the molecule is CCC(=O)N1CCCC(c2nc(Nc3cccc(Cl)c3)cc(-c3cccnc3)n2)C1. The fourth-order valence-corrected chi connectivity index (χ4v) is 3.92. The van der Waals surface area contributed by atoms with E-state index < -0.39 is 0 Å². The van der Waals surface area contributed by atoms with Crippen LogP contribution in [0.5, 0.6) is 0 Å². The van der Waals surface area contributed by atoms with Crippen LogP contribution in [0.2, 0.25) is 5.02 Å². The molecule has 1 N–H and O–H groups in total. The number of pyridine rings is 1. The van der Waals surface area contributed by atoms with Gasteiger partial charge in [0.05, 0.1) is 5.69 Å². The van der Waals surface area contributed by atoms with Gasteiger partial charge in [-0.05, 0) is 43.2 Å². The number of halogens is 1. The van der Waals surface area contributed by atoms with Gasteiger partial charge >= 0.3 is 0 Å². The number of benzene rings is 1. The lowest BCUT2D eigenvalue weighted by Gasteiger charge is -2.32. The first kappa shape index (κ1) is 20.3. The van der Waals surface area contributed by atoms with Crippen LogP contribution in [0, 0.1) is 0 Å². The summed E-state index contributed by atoms with van der Waals surface area (Å²) in [7, 11) is 0. The van der Waals surface area contributed by atoms with Gasteiger partial charge in [-0.2, -0.15) is 0 Å². The topological polar surface area (TPSA) is 71.0 Å². The fourth-order valence-electron chi connectivity index (χ4n) is 3.73. The van der Waals surface area contributed by atoms with Gasteiger partial charge in [0, 0.05) is 60.2 Å². The summed E-state index contributed by atoms with van der Waals surface area (Å²) < 4.78 is 0. The van der Waals surface area contributed by atoms with Crippen molar-refractivity contribution in [1.82, 2.24) is 19.9 Å². The van der Waals surface area contributed by atoms with Crippen molar-refractivity contribution in [3.8, 4) is 11.3 Å². The second kappa shape index (κ2) is 9.22. The van der Waals surface area contributed by atoms with Crippen LogP contribution in [0.15, 0.2) is 54.9 Å². The van der Waals surface area contributed by atoms with Crippen LogP contribution >= 0.6 is 11.6 Å². The first-order valence-corrected chi connectivity index (χ1v) is 10.6. The van der Waals surface area contributed by atoms with Crippen LogP contribution in [0.25, 0.3) is 11.3 Å². The molecular weight excluding hydrogens is 398 g/mol. The van der Waals surface area contributed by atoms with Crippen molar-refractivity contribution in [2.45, 2.75) is 32.1 Å². The second-order valence-corrected chi connectivity index (χ2v) is 7.84. The summed E-state index contributed by atoms with van der Waals surface area (Å²) in [6.07, 6.45) is 5.97. The number of piperidine rings is 1. The molecule has 1 aromatic carbocycles. The number of amides is 1. The van der Waals surface area contributed by atoms with Crippen molar-refractivity contribution in [2.24, 2.45) is 0 Å². The molecule has 1 aliphatic rings. The van der Waals surface area contributed by atoms with Crippen molar-refractivity contribution >= 4 is 29.0 Å². The van der Waals surface area contributed by atoms with Crippen molar-refractivity contribution in [3.63, 3.8) is 0 Å². The van der Waals surface area contributed by atoms with Crippen LogP contribution in [0.1, 0.15) is 37.9 Å². The van der Waals surface area contributed by atoms with Crippen LogP contribution in [0.3, 0.4) is 0 Å². The molecule has 3 heterocycles. The molecule has 0 bridgehead atoms. The van der Waals surface area contributed by atoms with E-state index in [0.717, 1.165) is 42.2 Å². The minimum absolute atomic E-state index is 0.103. The molecule has 7 heteroatoms. The highest BCUT2D eigenvalue weighted by Crippen LogP contribution is 2.29. The third kappa shape index (κ3) is 4.76. The Hall–Kier alpha value is -2.99. The van der Waals surface area contributed by atoms with Crippen molar-refractivity contribution in [3.05, 3.63) is 65.7 Å². The average Bonchev–Trinajstić information content (AvgIpc) is 2.79. The highest BCUT2D eigenvalue weighted by molar-refractivity contribution is 6.30. The molecule has 0 aliphatic carbocycles. The van der Waals surface area contributed by atoms with Crippen molar-refractivity contribution < 1.29 is 4.79 Å². The Morgan fingerprint density at radius 2 is 2.13 bits per heavy atom. The van der Waals surface area contributed by atoms with Gasteiger partial charge in [-0.3, -0.25) is 9.78 Å². The molecule has 4 rings (SSSR count). The van der Waals surface area contributed by atoms with Gasteiger partial charge in [0.1, 0.15) is 11.6 Å². The standard InChI is InChI=1S/C23H24ClN5O/c1-2-22(30)29-11-5-7-17(15-29)23-27-20(16-6-4-10-25-14-16)13-21(28-23)26-19-9-3-8-18(24)12-19/h3-4,6,8-10,12-14,17H,2,5,7,11,15H2,1H3,(H,26,27,28). The number of carbonyl (C=O) groups is 1. The fraction of sp³-hybridized carbons (Fsp3) is 0.304. The number of likely N-dealkylation sites (tertiary alicyclic amines) is 1. The summed E-state index contributed by atoms with van der Waals surface area (Å²) in [4.78, 5) is 28.0. The summed E-state index contributed by atoms with van der Waals surface area (Å²) in [6.45, 7) is 3.36. The van der Waals surface area contributed by atoms with E-state index in [2.05, 4.69) is 10.3 Å². The maximum Gasteiger partial charge on any atom is 0.222 e. The first-order chi connectivity index (χ1) is 14.6. The lowest BCUT2D eigenvalue weighted by molar-refractivity contribution is -0.132. The predicted octanol–water partition coefficient (Wildman–Crippen LogP) is 5.05. The molecule has 3 aromatic rings. The largest absolute Gasteiger partial charge is 0.342 e. The van der Waals surface area contributed by atoms with E-state index >= 15 is 0 Å². The molecule has 0 radical (unpaired) electrons. The number of nitrogens with zero attached hydrogens (tertiary/aromatic N) is 4. The lowest BCUT2D eigenvalue weighted by Crippen LogP contribution is -2.39. The number of aromatic nitrogens is 3. The normalized spacial score (nSPS) is 16.3. The van der Waals surface area contributed by atoms with E-state index in [-0.39, 0.29) is 11.8 Å². The minimum atomic E-state index is 0.103. The van der Waals surface area contributed by atoms with Crippen LogP contribution in [-0.2, 0) is 4.79 Å². The molecule has 0 saturated carbocycles. The van der Waals surface area contributed by atoms with Gasteiger partial charge in [0.25, 0.3) is 0 Å². The Morgan fingerprint density at radius 1 is 1.23 bits per heavy atom. The van der Waals surface area contributed by atoms with Gasteiger partial charge in [0.15, 0.2) is 0 Å².